The summed E-state index contributed by atoms with van der Waals surface area (Å²) < 4.78 is 0. The van der Waals surface area contributed by atoms with Gasteiger partial charge in [0, 0.05) is 0 Å². The molecule has 0 aromatic heterocycles. The smallest absolute Gasteiger partial charge is 0.326 e. The van der Waals surface area contributed by atoms with E-state index in [1.807, 2.05) is 24.3 Å². The molecule has 0 radical (unpaired) electrons. The summed E-state index contributed by atoms with van der Waals surface area (Å²) >= 11 is 0. The van der Waals surface area contributed by atoms with Gasteiger partial charge in [0.1, 0.15) is 11.6 Å². The molecule has 0 saturated carbocycles. The number of carbonyl (C=O) groups is 3. The second-order valence-electron chi connectivity index (χ2n) is 5.54. The van der Waals surface area contributed by atoms with Crippen molar-refractivity contribution in [3.05, 3.63) is 35.4 Å². The molecule has 2 aliphatic rings. The lowest BCUT2D eigenvalue weighted by molar-refractivity contribution is -0.147. The summed E-state index contributed by atoms with van der Waals surface area (Å²) in [6.45, 7) is 1.34. The van der Waals surface area contributed by atoms with Crippen LogP contribution in [0.2, 0.25) is 0 Å². The maximum atomic E-state index is 12.8. The number of aryl methyl sites for hydroxylation is 1. The van der Waals surface area contributed by atoms with E-state index in [0.717, 1.165) is 28.9 Å². The second kappa shape index (κ2) is 4.58. The minimum Gasteiger partial charge on any atom is -0.480 e. The Hall–Kier alpha value is -2.37. The molecule has 2 unspecified atom stereocenters. The quantitative estimate of drug-likeness (QED) is 0.802. The number of carbonyl (C=O) groups excluding carboxylic acids is 2. The molecule has 2 N–H and O–H groups in total. The zero-order valence-electron chi connectivity index (χ0n) is 11.6. The third-order valence-corrected chi connectivity index (χ3v) is 4.34. The molecule has 0 bridgehead atoms. The normalized spacial score (nSPS) is 25.7. The van der Waals surface area contributed by atoms with Crippen molar-refractivity contribution in [1.82, 2.24) is 10.2 Å². The number of aliphatic carboxylic acids is 1. The van der Waals surface area contributed by atoms with E-state index >= 15 is 0 Å². The molecule has 1 spiro atoms. The molecule has 1 fully saturated rings. The number of benzene rings is 1. The summed E-state index contributed by atoms with van der Waals surface area (Å²) in [5, 5.41) is 11.8. The fraction of sp³-hybridized carbons (Fsp3) is 0.400. The lowest BCUT2D eigenvalue weighted by atomic mass is 9.76. The third-order valence-electron chi connectivity index (χ3n) is 4.34. The van der Waals surface area contributed by atoms with Gasteiger partial charge in [-0.1, -0.05) is 24.3 Å². The van der Waals surface area contributed by atoms with Crippen molar-refractivity contribution in [3.8, 4) is 0 Å². The Bertz CT molecular complexity index is 642. The lowest BCUT2D eigenvalue weighted by Gasteiger charge is -2.33. The molecule has 1 saturated heterocycles. The van der Waals surface area contributed by atoms with Gasteiger partial charge in [-0.25, -0.2) is 14.5 Å². The maximum Gasteiger partial charge on any atom is 0.326 e. The molecule has 3 rings (SSSR count). The van der Waals surface area contributed by atoms with Crippen LogP contribution in [-0.4, -0.2) is 34.0 Å². The Morgan fingerprint density at radius 2 is 2.10 bits per heavy atom. The van der Waals surface area contributed by atoms with Crippen LogP contribution in [0.25, 0.3) is 0 Å². The molecule has 1 heterocycles. The molecule has 2 atom stereocenters. The monoisotopic (exact) mass is 288 g/mol. The van der Waals surface area contributed by atoms with Crippen molar-refractivity contribution < 1.29 is 19.5 Å². The van der Waals surface area contributed by atoms with Crippen molar-refractivity contribution in [2.75, 3.05) is 0 Å². The highest BCUT2D eigenvalue weighted by Gasteiger charge is 2.55. The molecule has 1 aliphatic heterocycles. The van der Waals surface area contributed by atoms with Gasteiger partial charge in [0.05, 0.1) is 0 Å². The van der Waals surface area contributed by atoms with Crippen LogP contribution in [0.1, 0.15) is 30.9 Å². The number of hydrogen-bond donors (Lipinski definition) is 2. The summed E-state index contributed by atoms with van der Waals surface area (Å²) in [5.74, 6) is -1.66. The number of urea groups is 1. The number of hydrogen-bond acceptors (Lipinski definition) is 3. The fourth-order valence-electron chi connectivity index (χ4n) is 3.24. The molecule has 6 heteroatoms. The van der Waals surface area contributed by atoms with Gasteiger partial charge in [-0.2, -0.15) is 0 Å². The number of carboxylic acid groups (broad SMARTS) is 1. The van der Waals surface area contributed by atoms with Crippen LogP contribution in [-0.2, 0) is 21.5 Å². The Kier molecular flexibility index (Phi) is 2.97. The molecule has 6 nitrogen and oxygen atoms in total. The number of nitrogens with zero attached hydrogens (tertiary/aromatic N) is 1. The minimum atomic E-state index is -1.19. The van der Waals surface area contributed by atoms with E-state index in [1.54, 1.807) is 0 Å². The van der Waals surface area contributed by atoms with Gasteiger partial charge in [0.2, 0.25) is 0 Å². The maximum absolute atomic E-state index is 12.8. The first kappa shape index (κ1) is 13.6. The first-order valence-electron chi connectivity index (χ1n) is 6.94. The molecule has 1 aromatic rings. The Balaban J connectivity index is 2.07. The zero-order chi connectivity index (χ0) is 15.2. The number of imide groups is 1. The van der Waals surface area contributed by atoms with E-state index < -0.39 is 29.5 Å². The molecule has 110 valence electrons. The van der Waals surface area contributed by atoms with Gasteiger partial charge >= 0.3 is 12.0 Å². The first-order valence-corrected chi connectivity index (χ1v) is 6.94. The molecular weight excluding hydrogens is 272 g/mol. The first-order chi connectivity index (χ1) is 9.97. The third kappa shape index (κ3) is 1.82. The number of fused-ring (bicyclic) bond motifs is 2. The summed E-state index contributed by atoms with van der Waals surface area (Å²) in [4.78, 5) is 36.9. The van der Waals surface area contributed by atoms with E-state index in [4.69, 9.17) is 5.11 Å². The zero-order valence-corrected chi connectivity index (χ0v) is 11.6. The van der Waals surface area contributed by atoms with Gasteiger partial charge in [0.15, 0.2) is 0 Å². The topological polar surface area (TPSA) is 86.7 Å². The predicted octanol–water partition coefficient (Wildman–Crippen LogP) is 1.24. The Labute approximate surface area is 121 Å². The number of nitrogens with one attached hydrogen (secondary N) is 1. The number of carboxylic acids is 1. The lowest BCUT2D eigenvalue weighted by Crippen LogP contribution is -2.48. The van der Waals surface area contributed by atoms with E-state index in [0.29, 0.717) is 6.42 Å². The summed E-state index contributed by atoms with van der Waals surface area (Å²) in [5.41, 5.74) is 0.715. The highest BCUT2D eigenvalue weighted by atomic mass is 16.4. The second-order valence-corrected chi connectivity index (χ2v) is 5.54. The van der Waals surface area contributed by atoms with Gasteiger partial charge in [-0.3, -0.25) is 4.79 Å². The standard InChI is InChI=1S/C15H16N2O4/c1-9(12(18)19)17-13(20)15(16-14(17)21)8-4-6-10-5-2-3-7-11(10)15/h2-3,5,7,9H,4,6,8H2,1H3,(H,16,21)(H,18,19). The van der Waals surface area contributed by atoms with Crippen LogP contribution in [0.15, 0.2) is 24.3 Å². The van der Waals surface area contributed by atoms with Crippen LogP contribution in [0.3, 0.4) is 0 Å². The van der Waals surface area contributed by atoms with Crippen molar-refractivity contribution in [2.24, 2.45) is 0 Å². The van der Waals surface area contributed by atoms with Crippen molar-refractivity contribution in [1.29, 1.82) is 0 Å². The van der Waals surface area contributed by atoms with Crippen LogP contribution >= 0.6 is 0 Å². The molecule has 1 aromatic carbocycles. The molecular formula is C15H16N2O4. The highest BCUT2D eigenvalue weighted by Crippen LogP contribution is 2.40. The van der Waals surface area contributed by atoms with Crippen LogP contribution < -0.4 is 5.32 Å². The van der Waals surface area contributed by atoms with Crippen LogP contribution in [0, 0.1) is 0 Å². The largest absolute Gasteiger partial charge is 0.480 e. The van der Waals surface area contributed by atoms with Gasteiger partial charge in [-0.15, -0.1) is 0 Å². The molecule has 21 heavy (non-hydrogen) atoms. The summed E-state index contributed by atoms with van der Waals surface area (Å²) in [6, 6.07) is 5.70. The van der Waals surface area contributed by atoms with Gasteiger partial charge < -0.3 is 10.4 Å². The average molecular weight is 288 g/mol. The van der Waals surface area contributed by atoms with E-state index in [-0.39, 0.29) is 0 Å². The van der Waals surface area contributed by atoms with Crippen LogP contribution in [0.4, 0.5) is 4.79 Å². The van der Waals surface area contributed by atoms with E-state index in [1.165, 1.54) is 6.92 Å². The molecule has 3 amide bonds. The van der Waals surface area contributed by atoms with E-state index in [9.17, 15) is 14.4 Å². The average Bonchev–Trinajstić information content (AvgIpc) is 2.70. The predicted molar refractivity (Wildman–Crippen MR) is 73.5 cm³/mol. The molecule has 1 aliphatic carbocycles. The van der Waals surface area contributed by atoms with E-state index in [2.05, 4.69) is 5.32 Å². The number of amides is 3. The Morgan fingerprint density at radius 3 is 2.81 bits per heavy atom. The minimum absolute atomic E-state index is 0.463. The van der Waals surface area contributed by atoms with Gasteiger partial charge in [0.25, 0.3) is 5.91 Å². The highest BCUT2D eigenvalue weighted by molar-refractivity contribution is 6.09. The van der Waals surface area contributed by atoms with Crippen molar-refractivity contribution in [3.63, 3.8) is 0 Å². The van der Waals surface area contributed by atoms with Crippen molar-refractivity contribution in [2.45, 2.75) is 37.8 Å². The van der Waals surface area contributed by atoms with Crippen LogP contribution in [0.5, 0.6) is 0 Å². The summed E-state index contributed by atoms with van der Waals surface area (Å²) in [7, 11) is 0. The van der Waals surface area contributed by atoms with Crippen molar-refractivity contribution >= 4 is 17.9 Å². The van der Waals surface area contributed by atoms with Gasteiger partial charge in [-0.05, 0) is 37.3 Å². The SMILES string of the molecule is CC(C(=O)O)N1C(=O)NC2(CCCc3ccccc32)C1=O. The fourth-order valence-corrected chi connectivity index (χ4v) is 3.24. The summed E-state index contributed by atoms with van der Waals surface area (Å²) in [6.07, 6.45) is 2.13. The Morgan fingerprint density at radius 1 is 1.38 bits per heavy atom. The number of rotatable bonds is 2.